The molecule has 0 radical (unpaired) electrons. The van der Waals surface area contributed by atoms with E-state index in [0.717, 1.165) is 0 Å². The molecule has 2 N–H and O–H groups in total. The van der Waals surface area contributed by atoms with Crippen molar-refractivity contribution in [2.45, 2.75) is 19.5 Å². The van der Waals surface area contributed by atoms with Crippen molar-refractivity contribution in [2.75, 3.05) is 20.8 Å². The van der Waals surface area contributed by atoms with E-state index in [1.807, 2.05) is 0 Å². The standard InChI is InChI=1S/C28H26ClNO7/c1-4-37-23-14-16(9-11-20(23)31)25-24(26(32)17-10-12-22(36-3)19(29)13-17)27(33)28(34)30(25)15-18-7-5-6-8-21(18)35-2/h5-14,25,31-32H,4,15H2,1-3H3/b26-24-. The summed E-state index contributed by atoms with van der Waals surface area (Å²) in [4.78, 5) is 28.1. The molecule has 1 fully saturated rings. The van der Waals surface area contributed by atoms with Gasteiger partial charge in [-0.15, -0.1) is 0 Å². The first-order valence-corrected chi connectivity index (χ1v) is 11.9. The Kier molecular flexibility index (Phi) is 7.59. The van der Waals surface area contributed by atoms with E-state index in [4.69, 9.17) is 25.8 Å². The average molecular weight is 524 g/mol. The van der Waals surface area contributed by atoms with Gasteiger partial charge in [0.05, 0.1) is 44.0 Å². The van der Waals surface area contributed by atoms with Gasteiger partial charge in [0.15, 0.2) is 11.5 Å². The Morgan fingerprint density at radius 1 is 0.973 bits per heavy atom. The number of nitrogens with zero attached hydrogens (tertiary/aromatic N) is 1. The third-order valence-electron chi connectivity index (χ3n) is 6.10. The number of Topliss-reactive ketones (excluding diaryl/α,β-unsaturated/α-hetero) is 1. The molecule has 37 heavy (non-hydrogen) atoms. The summed E-state index contributed by atoms with van der Waals surface area (Å²) in [6, 6.07) is 15.3. The predicted molar refractivity (Wildman–Crippen MR) is 138 cm³/mol. The molecule has 0 saturated carbocycles. The highest BCUT2D eigenvalue weighted by molar-refractivity contribution is 6.46. The van der Waals surface area contributed by atoms with Crippen LogP contribution in [0, 0.1) is 0 Å². The number of hydrogen-bond acceptors (Lipinski definition) is 7. The summed E-state index contributed by atoms with van der Waals surface area (Å²) in [5, 5.41) is 21.8. The van der Waals surface area contributed by atoms with Gasteiger partial charge in [-0.25, -0.2) is 0 Å². The summed E-state index contributed by atoms with van der Waals surface area (Å²) in [5.74, 6) is -0.985. The number of aliphatic hydroxyl groups excluding tert-OH is 1. The highest BCUT2D eigenvalue weighted by Gasteiger charge is 2.46. The molecule has 9 heteroatoms. The van der Waals surface area contributed by atoms with Crippen molar-refractivity contribution in [3.05, 3.63) is 87.9 Å². The summed E-state index contributed by atoms with van der Waals surface area (Å²) in [6.07, 6.45) is 0. The molecular weight excluding hydrogens is 498 g/mol. The van der Waals surface area contributed by atoms with Gasteiger partial charge < -0.3 is 29.3 Å². The Labute approximate surface area is 219 Å². The third-order valence-corrected chi connectivity index (χ3v) is 6.39. The van der Waals surface area contributed by atoms with Crippen molar-refractivity contribution >= 4 is 29.1 Å². The third kappa shape index (κ3) is 4.93. The molecule has 3 aromatic carbocycles. The van der Waals surface area contributed by atoms with Crippen LogP contribution >= 0.6 is 11.6 Å². The largest absolute Gasteiger partial charge is 0.507 e. The second-order valence-corrected chi connectivity index (χ2v) is 8.66. The van der Waals surface area contributed by atoms with Gasteiger partial charge in [0.1, 0.15) is 17.3 Å². The zero-order valence-corrected chi connectivity index (χ0v) is 21.3. The van der Waals surface area contributed by atoms with Gasteiger partial charge >= 0.3 is 0 Å². The highest BCUT2D eigenvalue weighted by Crippen LogP contribution is 2.43. The first-order valence-electron chi connectivity index (χ1n) is 11.5. The highest BCUT2D eigenvalue weighted by atomic mass is 35.5. The lowest BCUT2D eigenvalue weighted by molar-refractivity contribution is -0.140. The van der Waals surface area contributed by atoms with Crippen LogP contribution in [0.3, 0.4) is 0 Å². The molecule has 8 nitrogen and oxygen atoms in total. The van der Waals surface area contributed by atoms with Gasteiger partial charge in [0.25, 0.3) is 11.7 Å². The zero-order valence-electron chi connectivity index (χ0n) is 20.5. The Morgan fingerprint density at radius 3 is 2.38 bits per heavy atom. The van der Waals surface area contributed by atoms with Crippen LogP contribution in [0.1, 0.15) is 29.7 Å². The maximum atomic E-state index is 13.4. The molecule has 1 atom stereocenters. The molecule has 0 bridgehead atoms. The SMILES string of the molecule is CCOc1cc(C2/C(=C(/O)c3ccc(OC)c(Cl)c3)C(=O)C(=O)N2Cc2ccccc2OC)ccc1O. The van der Waals surface area contributed by atoms with Crippen molar-refractivity contribution in [3.8, 4) is 23.0 Å². The lowest BCUT2D eigenvalue weighted by Gasteiger charge is -2.26. The smallest absolute Gasteiger partial charge is 0.295 e. The van der Waals surface area contributed by atoms with Crippen LogP contribution in [-0.2, 0) is 16.1 Å². The molecular formula is C28H26ClNO7. The maximum Gasteiger partial charge on any atom is 0.295 e. The Hall–Kier alpha value is -4.17. The number of amides is 1. The molecule has 1 saturated heterocycles. The Morgan fingerprint density at radius 2 is 1.70 bits per heavy atom. The molecule has 0 aliphatic carbocycles. The molecule has 1 aliphatic heterocycles. The molecule has 1 amide bonds. The average Bonchev–Trinajstić information content (AvgIpc) is 3.15. The van der Waals surface area contributed by atoms with Crippen molar-refractivity contribution in [1.82, 2.24) is 4.90 Å². The fourth-order valence-electron chi connectivity index (χ4n) is 4.35. The number of methoxy groups -OCH3 is 2. The summed E-state index contributed by atoms with van der Waals surface area (Å²) in [5.41, 5.74) is 1.27. The lowest BCUT2D eigenvalue weighted by atomic mass is 9.94. The lowest BCUT2D eigenvalue weighted by Crippen LogP contribution is -2.29. The number of halogens is 1. The summed E-state index contributed by atoms with van der Waals surface area (Å²) < 4.78 is 16.2. The van der Waals surface area contributed by atoms with Crippen molar-refractivity contribution < 1.29 is 34.0 Å². The Balaban J connectivity index is 1.90. The molecule has 1 aliphatic rings. The van der Waals surface area contributed by atoms with E-state index in [2.05, 4.69) is 0 Å². The van der Waals surface area contributed by atoms with E-state index in [1.165, 1.54) is 31.3 Å². The number of carbonyl (C=O) groups is 2. The summed E-state index contributed by atoms with van der Waals surface area (Å²) in [7, 11) is 2.98. The first kappa shape index (κ1) is 25.9. The molecule has 0 spiro atoms. The number of phenols is 1. The van der Waals surface area contributed by atoms with Crippen LogP contribution in [0.4, 0.5) is 0 Å². The maximum absolute atomic E-state index is 13.4. The van der Waals surface area contributed by atoms with Crippen LogP contribution in [0.2, 0.25) is 5.02 Å². The van der Waals surface area contributed by atoms with Crippen LogP contribution < -0.4 is 14.2 Å². The van der Waals surface area contributed by atoms with Crippen molar-refractivity contribution in [2.24, 2.45) is 0 Å². The monoisotopic (exact) mass is 523 g/mol. The first-order chi connectivity index (χ1) is 17.8. The van der Waals surface area contributed by atoms with Gasteiger partial charge in [0.2, 0.25) is 0 Å². The second kappa shape index (κ2) is 10.8. The van der Waals surface area contributed by atoms with Crippen molar-refractivity contribution in [1.29, 1.82) is 0 Å². The van der Waals surface area contributed by atoms with Crippen LogP contribution in [0.15, 0.2) is 66.2 Å². The Bertz CT molecular complexity index is 1380. The van der Waals surface area contributed by atoms with E-state index in [0.29, 0.717) is 29.2 Å². The number of hydrogen-bond donors (Lipinski definition) is 2. The fraction of sp³-hybridized carbons (Fsp3) is 0.214. The molecule has 0 aromatic heterocycles. The van der Waals surface area contributed by atoms with E-state index < -0.39 is 17.7 Å². The number of aliphatic hydroxyl groups is 1. The van der Waals surface area contributed by atoms with Gasteiger partial charge in [-0.3, -0.25) is 9.59 Å². The fourth-order valence-corrected chi connectivity index (χ4v) is 4.61. The minimum atomic E-state index is -0.981. The molecule has 1 unspecified atom stereocenters. The molecule has 3 aromatic rings. The van der Waals surface area contributed by atoms with Gasteiger partial charge in [-0.05, 0) is 48.9 Å². The topological polar surface area (TPSA) is 106 Å². The van der Waals surface area contributed by atoms with E-state index in [9.17, 15) is 19.8 Å². The predicted octanol–water partition coefficient (Wildman–Crippen LogP) is 5.08. The number of phenolic OH excluding ortho intramolecular Hbond substituents is 1. The number of para-hydroxylation sites is 1. The number of aromatic hydroxyl groups is 1. The normalized spacial score (nSPS) is 16.6. The summed E-state index contributed by atoms with van der Waals surface area (Å²) >= 11 is 6.26. The van der Waals surface area contributed by atoms with E-state index in [1.54, 1.807) is 55.5 Å². The van der Waals surface area contributed by atoms with Gasteiger partial charge in [-0.2, -0.15) is 0 Å². The van der Waals surface area contributed by atoms with E-state index >= 15 is 0 Å². The second-order valence-electron chi connectivity index (χ2n) is 8.25. The number of ketones is 1. The number of likely N-dealkylation sites (tertiary alicyclic amines) is 1. The summed E-state index contributed by atoms with van der Waals surface area (Å²) in [6.45, 7) is 2.10. The zero-order chi connectivity index (χ0) is 26.7. The minimum absolute atomic E-state index is 0.0320. The quantitative estimate of drug-likeness (QED) is 0.241. The van der Waals surface area contributed by atoms with Crippen LogP contribution in [0.25, 0.3) is 5.76 Å². The molecule has 4 rings (SSSR count). The van der Waals surface area contributed by atoms with Gasteiger partial charge in [0, 0.05) is 11.1 Å². The van der Waals surface area contributed by atoms with Crippen LogP contribution in [-0.4, -0.2) is 47.6 Å². The number of carbonyl (C=O) groups excluding carboxylic acids is 2. The number of ether oxygens (including phenoxy) is 3. The number of benzene rings is 3. The van der Waals surface area contributed by atoms with E-state index in [-0.39, 0.29) is 40.0 Å². The van der Waals surface area contributed by atoms with Crippen molar-refractivity contribution in [3.63, 3.8) is 0 Å². The molecule has 192 valence electrons. The number of rotatable bonds is 8. The van der Waals surface area contributed by atoms with Crippen LogP contribution in [0.5, 0.6) is 23.0 Å². The molecule has 1 heterocycles. The minimum Gasteiger partial charge on any atom is -0.507 e. The van der Waals surface area contributed by atoms with Gasteiger partial charge in [-0.1, -0.05) is 35.9 Å².